The van der Waals surface area contributed by atoms with Crippen LogP contribution in [0.4, 0.5) is 0 Å². The molecule has 0 aliphatic heterocycles. The third-order valence-corrected chi connectivity index (χ3v) is 3.20. The van der Waals surface area contributed by atoms with Gasteiger partial charge in [-0.25, -0.2) is 9.97 Å². The second-order valence-corrected chi connectivity index (χ2v) is 4.43. The lowest BCUT2D eigenvalue weighted by Gasteiger charge is -2.16. The minimum absolute atomic E-state index is 0.0595. The van der Waals surface area contributed by atoms with Gasteiger partial charge in [0.15, 0.2) is 5.82 Å². The molecule has 1 unspecified atom stereocenters. The van der Waals surface area contributed by atoms with Crippen molar-refractivity contribution in [1.82, 2.24) is 9.97 Å². The summed E-state index contributed by atoms with van der Waals surface area (Å²) in [4.78, 5) is 9.04. The maximum Gasteiger partial charge on any atom is 0.157 e. The predicted molar refractivity (Wildman–Crippen MR) is 61.9 cm³/mol. The third-order valence-electron chi connectivity index (χ3n) is 3.20. The number of hydrogen-bond acceptors (Lipinski definition) is 4. The second-order valence-electron chi connectivity index (χ2n) is 4.43. The van der Waals surface area contributed by atoms with E-state index in [4.69, 9.17) is 10.5 Å². The summed E-state index contributed by atoms with van der Waals surface area (Å²) >= 11 is 0. The predicted octanol–water partition coefficient (Wildman–Crippen LogP) is 1.65. The standard InChI is InChI=1S/C12H19N3O/c1-7-10(6-13)8(2)15-12(14-7)11(16-3)9-4-5-9/h9,11H,4-6,13H2,1-3H3. The van der Waals surface area contributed by atoms with Gasteiger partial charge in [0.1, 0.15) is 6.10 Å². The molecule has 1 aliphatic carbocycles. The molecule has 1 saturated carbocycles. The second kappa shape index (κ2) is 4.47. The Labute approximate surface area is 96.2 Å². The van der Waals surface area contributed by atoms with E-state index in [2.05, 4.69) is 9.97 Å². The van der Waals surface area contributed by atoms with E-state index in [9.17, 15) is 0 Å². The third kappa shape index (κ3) is 2.08. The van der Waals surface area contributed by atoms with Crippen molar-refractivity contribution in [3.63, 3.8) is 0 Å². The molecule has 16 heavy (non-hydrogen) atoms. The highest BCUT2D eigenvalue weighted by molar-refractivity contribution is 5.24. The van der Waals surface area contributed by atoms with Crippen LogP contribution in [0.15, 0.2) is 0 Å². The molecule has 2 N–H and O–H groups in total. The number of ether oxygens (including phenoxy) is 1. The lowest BCUT2D eigenvalue weighted by Crippen LogP contribution is -2.14. The summed E-state index contributed by atoms with van der Waals surface area (Å²) < 4.78 is 5.49. The minimum atomic E-state index is 0.0595. The van der Waals surface area contributed by atoms with Gasteiger partial charge in [0.05, 0.1) is 0 Å². The van der Waals surface area contributed by atoms with Gasteiger partial charge in [-0.2, -0.15) is 0 Å². The molecular weight excluding hydrogens is 202 g/mol. The molecule has 0 amide bonds. The molecule has 0 radical (unpaired) electrons. The number of hydrogen-bond donors (Lipinski definition) is 1. The Kier molecular flexibility index (Phi) is 3.21. The van der Waals surface area contributed by atoms with Gasteiger partial charge in [-0.3, -0.25) is 0 Å². The average molecular weight is 221 g/mol. The molecule has 2 rings (SSSR count). The Morgan fingerprint density at radius 2 is 1.88 bits per heavy atom. The van der Waals surface area contributed by atoms with Gasteiger partial charge >= 0.3 is 0 Å². The number of rotatable bonds is 4. The molecule has 1 aromatic heterocycles. The van der Waals surface area contributed by atoms with Crippen LogP contribution in [-0.2, 0) is 11.3 Å². The Balaban J connectivity index is 2.34. The largest absolute Gasteiger partial charge is 0.373 e. The maximum absolute atomic E-state index is 5.67. The van der Waals surface area contributed by atoms with Crippen LogP contribution in [0, 0.1) is 19.8 Å². The first kappa shape index (κ1) is 11.5. The van der Waals surface area contributed by atoms with E-state index in [1.807, 2.05) is 13.8 Å². The van der Waals surface area contributed by atoms with Crippen LogP contribution in [0.25, 0.3) is 0 Å². The summed E-state index contributed by atoms with van der Waals surface area (Å²) in [6, 6.07) is 0. The van der Waals surface area contributed by atoms with Crippen LogP contribution in [-0.4, -0.2) is 17.1 Å². The van der Waals surface area contributed by atoms with Crippen molar-refractivity contribution in [1.29, 1.82) is 0 Å². The zero-order valence-electron chi connectivity index (χ0n) is 10.2. The fourth-order valence-corrected chi connectivity index (χ4v) is 2.10. The first-order chi connectivity index (χ1) is 7.67. The molecule has 0 bridgehead atoms. The molecule has 0 aromatic carbocycles. The average Bonchev–Trinajstić information content (AvgIpc) is 3.03. The van der Waals surface area contributed by atoms with E-state index < -0.39 is 0 Å². The number of aromatic nitrogens is 2. The van der Waals surface area contributed by atoms with Gasteiger partial charge in [-0.1, -0.05) is 0 Å². The van der Waals surface area contributed by atoms with Crippen LogP contribution in [0.3, 0.4) is 0 Å². The topological polar surface area (TPSA) is 61.0 Å². The molecule has 4 nitrogen and oxygen atoms in total. The molecule has 4 heteroatoms. The van der Waals surface area contributed by atoms with Gasteiger partial charge in [0.25, 0.3) is 0 Å². The number of nitrogens with two attached hydrogens (primary N) is 1. The molecule has 0 spiro atoms. The Morgan fingerprint density at radius 3 is 2.25 bits per heavy atom. The van der Waals surface area contributed by atoms with Crippen LogP contribution in [0.5, 0.6) is 0 Å². The van der Waals surface area contributed by atoms with Gasteiger partial charge in [-0.05, 0) is 32.6 Å². The Bertz CT molecular complexity index is 365. The monoisotopic (exact) mass is 221 g/mol. The zero-order valence-corrected chi connectivity index (χ0v) is 10.2. The van der Waals surface area contributed by atoms with E-state index >= 15 is 0 Å². The van der Waals surface area contributed by atoms with E-state index in [-0.39, 0.29) is 6.10 Å². The summed E-state index contributed by atoms with van der Waals surface area (Å²) in [6.45, 7) is 4.47. The van der Waals surface area contributed by atoms with Crippen molar-refractivity contribution < 1.29 is 4.74 Å². The van der Waals surface area contributed by atoms with Crippen LogP contribution >= 0.6 is 0 Å². The minimum Gasteiger partial charge on any atom is -0.373 e. The fourth-order valence-electron chi connectivity index (χ4n) is 2.10. The van der Waals surface area contributed by atoms with Crippen molar-refractivity contribution >= 4 is 0 Å². The van der Waals surface area contributed by atoms with E-state index in [0.717, 1.165) is 22.8 Å². The molecule has 88 valence electrons. The first-order valence-electron chi connectivity index (χ1n) is 5.74. The zero-order chi connectivity index (χ0) is 11.7. The summed E-state index contributed by atoms with van der Waals surface area (Å²) in [6.07, 6.45) is 2.50. The van der Waals surface area contributed by atoms with Crippen molar-refractivity contribution in [3.8, 4) is 0 Å². The molecule has 1 aromatic rings. The van der Waals surface area contributed by atoms with Crippen LogP contribution < -0.4 is 5.73 Å². The molecule has 0 saturated heterocycles. The molecule has 1 heterocycles. The Hall–Kier alpha value is -1.00. The first-order valence-corrected chi connectivity index (χ1v) is 5.74. The van der Waals surface area contributed by atoms with Crippen molar-refractivity contribution in [3.05, 3.63) is 22.8 Å². The number of nitrogens with zero attached hydrogens (tertiary/aromatic N) is 2. The van der Waals surface area contributed by atoms with Crippen molar-refractivity contribution in [2.45, 2.75) is 39.3 Å². The SMILES string of the molecule is COC(c1nc(C)c(CN)c(C)n1)C1CC1. The summed E-state index contributed by atoms with van der Waals surface area (Å²) in [5.74, 6) is 1.42. The molecule has 1 fully saturated rings. The van der Waals surface area contributed by atoms with E-state index in [1.165, 1.54) is 12.8 Å². The van der Waals surface area contributed by atoms with Gasteiger partial charge in [0.2, 0.25) is 0 Å². The van der Waals surface area contributed by atoms with E-state index in [0.29, 0.717) is 12.5 Å². The highest BCUT2D eigenvalue weighted by Crippen LogP contribution is 2.41. The van der Waals surface area contributed by atoms with Crippen molar-refractivity contribution in [2.24, 2.45) is 11.7 Å². The molecule has 1 aliphatic rings. The summed E-state index contributed by atoms with van der Waals surface area (Å²) in [5, 5.41) is 0. The van der Waals surface area contributed by atoms with Gasteiger partial charge in [0, 0.05) is 30.6 Å². The van der Waals surface area contributed by atoms with Gasteiger partial charge < -0.3 is 10.5 Å². The van der Waals surface area contributed by atoms with Crippen molar-refractivity contribution in [2.75, 3.05) is 7.11 Å². The smallest absolute Gasteiger partial charge is 0.157 e. The summed E-state index contributed by atoms with van der Waals surface area (Å²) in [7, 11) is 1.73. The van der Waals surface area contributed by atoms with Crippen LogP contribution in [0.2, 0.25) is 0 Å². The highest BCUT2D eigenvalue weighted by Gasteiger charge is 2.34. The number of aryl methyl sites for hydroxylation is 2. The molecular formula is C12H19N3O. The number of methoxy groups -OCH3 is 1. The Morgan fingerprint density at radius 1 is 1.31 bits per heavy atom. The van der Waals surface area contributed by atoms with Crippen LogP contribution in [0.1, 0.15) is 41.7 Å². The summed E-state index contributed by atoms with van der Waals surface area (Å²) in [5.41, 5.74) is 8.68. The normalized spacial score (nSPS) is 17.5. The lowest BCUT2D eigenvalue weighted by molar-refractivity contribution is 0.0768. The van der Waals surface area contributed by atoms with E-state index in [1.54, 1.807) is 7.11 Å². The molecule has 1 atom stereocenters. The quantitative estimate of drug-likeness (QED) is 0.839. The maximum atomic E-state index is 5.67. The van der Waals surface area contributed by atoms with Gasteiger partial charge in [-0.15, -0.1) is 0 Å². The lowest BCUT2D eigenvalue weighted by atomic mass is 10.1. The highest BCUT2D eigenvalue weighted by atomic mass is 16.5. The fraction of sp³-hybridized carbons (Fsp3) is 0.667.